The summed E-state index contributed by atoms with van der Waals surface area (Å²) in [6.45, 7) is 0. The van der Waals surface area contributed by atoms with Gasteiger partial charge in [-0.1, -0.05) is 0 Å². The summed E-state index contributed by atoms with van der Waals surface area (Å²) in [5.74, 6) is 0.00990. The lowest BCUT2D eigenvalue weighted by Crippen LogP contribution is -2.19. The van der Waals surface area contributed by atoms with Crippen LogP contribution in [0.2, 0.25) is 0 Å². The average Bonchev–Trinajstić information content (AvgIpc) is 2.93. The molecule has 0 saturated carbocycles. The lowest BCUT2D eigenvalue weighted by Gasteiger charge is -2.17. The minimum Gasteiger partial charge on any atom is -0.459 e. The van der Waals surface area contributed by atoms with Gasteiger partial charge in [0.25, 0.3) is 5.91 Å². The van der Waals surface area contributed by atoms with Crippen LogP contribution in [0.1, 0.15) is 22.5 Å². The van der Waals surface area contributed by atoms with E-state index in [9.17, 15) is 9.59 Å². The average molecular weight is 256 g/mol. The quantitative estimate of drug-likeness (QED) is 0.866. The normalized spacial score (nSPS) is 13.6. The fraction of sp³-hybridized carbons (Fsp3) is 0.143. The minimum absolute atomic E-state index is 0.0277. The van der Waals surface area contributed by atoms with Gasteiger partial charge in [-0.15, -0.1) is 0 Å². The van der Waals surface area contributed by atoms with Crippen molar-refractivity contribution in [2.45, 2.75) is 12.8 Å². The van der Waals surface area contributed by atoms with Crippen LogP contribution in [-0.4, -0.2) is 11.8 Å². The molecule has 2 heterocycles. The number of amides is 2. The van der Waals surface area contributed by atoms with Crippen molar-refractivity contribution in [2.24, 2.45) is 0 Å². The first-order valence-electron chi connectivity index (χ1n) is 6.00. The molecule has 5 nitrogen and oxygen atoms in total. The summed E-state index contributed by atoms with van der Waals surface area (Å²) in [7, 11) is 0. The molecule has 0 aliphatic carbocycles. The van der Waals surface area contributed by atoms with Crippen molar-refractivity contribution in [3.63, 3.8) is 0 Å². The van der Waals surface area contributed by atoms with Crippen LogP contribution in [0.4, 0.5) is 11.4 Å². The van der Waals surface area contributed by atoms with Crippen molar-refractivity contribution in [1.29, 1.82) is 0 Å². The van der Waals surface area contributed by atoms with Gasteiger partial charge < -0.3 is 15.1 Å². The number of hydrogen-bond donors (Lipinski definition) is 2. The Kier molecular flexibility index (Phi) is 2.79. The third-order valence-electron chi connectivity index (χ3n) is 3.00. The molecular weight excluding hydrogens is 244 g/mol. The van der Waals surface area contributed by atoms with Gasteiger partial charge in [0.1, 0.15) is 0 Å². The standard InChI is InChI=1S/C14H12N2O3/c17-13-6-3-9-8-10(4-5-11(9)16-13)15-14(18)12-2-1-7-19-12/h1-2,4-5,7-8H,3,6H2,(H,15,18)(H,16,17). The molecule has 0 spiro atoms. The molecule has 0 bridgehead atoms. The van der Waals surface area contributed by atoms with Gasteiger partial charge in [-0.2, -0.15) is 0 Å². The molecule has 0 saturated heterocycles. The Morgan fingerprint density at radius 3 is 2.95 bits per heavy atom. The molecule has 0 radical (unpaired) electrons. The van der Waals surface area contributed by atoms with Gasteiger partial charge in [-0.05, 0) is 42.3 Å². The van der Waals surface area contributed by atoms with Crippen molar-refractivity contribution < 1.29 is 14.0 Å². The van der Waals surface area contributed by atoms with E-state index in [0.29, 0.717) is 18.5 Å². The third kappa shape index (κ3) is 2.35. The van der Waals surface area contributed by atoms with Crippen LogP contribution in [0.25, 0.3) is 0 Å². The van der Waals surface area contributed by atoms with Gasteiger partial charge in [0.2, 0.25) is 5.91 Å². The Balaban J connectivity index is 1.79. The molecule has 1 aromatic heterocycles. The van der Waals surface area contributed by atoms with Gasteiger partial charge in [0, 0.05) is 17.8 Å². The molecular formula is C14H12N2O3. The zero-order chi connectivity index (χ0) is 13.2. The Morgan fingerprint density at radius 1 is 1.26 bits per heavy atom. The van der Waals surface area contributed by atoms with Crippen molar-refractivity contribution in [2.75, 3.05) is 10.6 Å². The molecule has 1 aliphatic heterocycles. The van der Waals surface area contributed by atoms with Crippen LogP contribution in [0.15, 0.2) is 41.0 Å². The molecule has 2 aromatic rings. The van der Waals surface area contributed by atoms with Crippen LogP contribution in [-0.2, 0) is 11.2 Å². The monoisotopic (exact) mass is 256 g/mol. The largest absolute Gasteiger partial charge is 0.459 e. The zero-order valence-corrected chi connectivity index (χ0v) is 10.1. The highest BCUT2D eigenvalue weighted by Crippen LogP contribution is 2.25. The van der Waals surface area contributed by atoms with Crippen LogP contribution in [0, 0.1) is 0 Å². The molecule has 0 unspecified atom stereocenters. The number of carbonyl (C=O) groups excluding carboxylic acids is 2. The van der Waals surface area contributed by atoms with Crippen molar-refractivity contribution in [3.8, 4) is 0 Å². The van der Waals surface area contributed by atoms with Crippen molar-refractivity contribution in [1.82, 2.24) is 0 Å². The predicted molar refractivity (Wildman–Crippen MR) is 70.1 cm³/mol. The second-order valence-corrected chi connectivity index (χ2v) is 4.35. The summed E-state index contributed by atoms with van der Waals surface area (Å²) in [4.78, 5) is 23.1. The fourth-order valence-corrected chi connectivity index (χ4v) is 2.06. The molecule has 3 rings (SSSR count). The highest BCUT2D eigenvalue weighted by molar-refractivity contribution is 6.02. The highest BCUT2D eigenvalue weighted by Gasteiger charge is 2.16. The first-order valence-corrected chi connectivity index (χ1v) is 6.00. The fourth-order valence-electron chi connectivity index (χ4n) is 2.06. The Morgan fingerprint density at radius 2 is 2.16 bits per heavy atom. The minimum atomic E-state index is -0.287. The first-order chi connectivity index (χ1) is 9.22. The van der Waals surface area contributed by atoms with E-state index in [1.165, 1.54) is 6.26 Å². The summed E-state index contributed by atoms with van der Waals surface area (Å²) < 4.78 is 5.03. The van der Waals surface area contributed by atoms with Gasteiger partial charge >= 0.3 is 0 Å². The number of benzene rings is 1. The Labute approximate surface area is 109 Å². The maximum absolute atomic E-state index is 11.8. The first kappa shape index (κ1) is 11.5. The molecule has 0 atom stereocenters. The van der Waals surface area contributed by atoms with E-state index in [4.69, 9.17) is 4.42 Å². The number of rotatable bonds is 2. The van der Waals surface area contributed by atoms with Crippen molar-refractivity contribution in [3.05, 3.63) is 47.9 Å². The summed E-state index contributed by atoms with van der Waals surface area (Å²) in [6.07, 6.45) is 2.62. The highest BCUT2D eigenvalue weighted by atomic mass is 16.3. The second-order valence-electron chi connectivity index (χ2n) is 4.35. The number of fused-ring (bicyclic) bond motifs is 1. The zero-order valence-electron chi connectivity index (χ0n) is 10.1. The van der Waals surface area contributed by atoms with E-state index < -0.39 is 0 Å². The van der Waals surface area contributed by atoms with Gasteiger partial charge in [-0.25, -0.2) is 0 Å². The molecule has 19 heavy (non-hydrogen) atoms. The Bertz CT molecular complexity index is 632. The number of hydrogen-bond acceptors (Lipinski definition) is 3. The molecule has 96 valence electrons. The van der Waals surface area contributed by atoms with E-state index in [0.717, 1.165) is 11.3 Å². The van der Waals surface area contributed by atoms with E-state index in [-0.39, 0.29) is 17.6 Å². The lowest BCUT2D eigenvalue weighted by molar-refractivity contribution is -0.116. The van der Waals surface area contributed by atoms with Crippen LogP contribution < -0.4 is 10.6 Å². The number of aryl methyl sites for hydroxylation is 1. The number of anilines is 2. The van der Waals surface area contributed by atoms with E-state index in [1.807, 2.05) is 6.07 Å². The summed E-state index contributed by atoms with van der Waals surface area (Å²) in [6, 6.07) is 8.69. The summed E-state index contributed by atoms with van der Waals surface area (Å²) >= 11 is 0. The van der Waals surface area contributed by atoms with Gasteiger partial charge in [0.15, 0.2) is 5.76 Å². The van der Waals surface area contributed by atoms with E-state index in [1.54, 1.807) is 24.3 Å². The number of furan rings is 1. The molecule has 1 aliphatic rings. The molecule has 2 N–H and O–H groups in total. The van der Waals surface area contributed by atoms with E-state index >= 15 is 0 Å². The predicted octanol–water partition coefficient (Wildman–Crippen LogP) is 2.42. The maximum Gasteiger partial charge on any atom is 0.291 e. The summed E-state index contributed by atoms with van der Waals surface area (Å²) in [5, 5.41) is 5.56. The molecule has 5 heteroatoms. The molecule has 1 aromatic carbocycles. The van der Waals surface area contributed by atoms with Crippen LogP contribution in [0.3, 0.4) is 0 Å². The smallest absolute Gasteiger partial charge is 0.291 e. The van der Waals surface area contributed by atoms with Crippen LogP contribution in [0.5, 0.6) is 0 Å². The van der Waals surface area contributed by atoms with E-state index in [2.05, 4.69) is 10.6 Å². The molecule has 0 fully saturated rings. The lowest BCUT2D eigenvalue weighted by atomic mass is 10.0. The van der Waals surface area contributed by atoms with Gasteiger partial charge in [0.05, 0.1) is 6.26 Å². The number of nitrogens with one attached hydrogen (secondary N) is 2. The summed E-state index contributed by atoms with van der Waals surface area (Å²) in [5.41, 5.74) is 2.53. The Hall–Kier alpha value is -2.56. The van der Waals surface area contributed by atoms with Crippen molar-refractivity contribution >= 4 is 23.2 Å². The second kappa shape index (κ2) is 4.61. The molecule has 2 amide bonds. The number of carbonyl (C=O) groups is 2. The maximum atomic E-state index is 11.8. The van der Waals surface area contributed by atoms with Crippen LogP contribution >= 0.6 is 0 Å². The SMILES string of the molecule is O=C1CCc2cc(NC(=O)c3ccco3)ccc2N1. The topological polar surface area (TPSA) is 71.3 Å². The van der Waals surface area contributed by atoms with Gasteiger partial charge in [-0.3, -0.25) is 9.59 Å². The third-order valence-corrected chi connectivity index (χ3v) is 3.00.